The highest BCUT2D eigenvalue weighted by Gasteiger charge is 2.15. The number of thioether (sulfide) groups is 1. The highest BCUT2D eigenvalue weighted by molar-refractivity contribution is 8.00. The van der Waals surface area contributed by atoms with Crippen molar-refractivity contribution in [3.63, 3.8) is 0 Å². The van der Waals surface area contributed by atoms with Crippen LogP contribution in [0, 0.1) is 5.82 Å². The minimum Gasteiger partial charge on any atom is -0.313 e. The summed E-state index contributed by atoms with van der Waals surface area (Å²) >= 11 is 1.56. The first kappa shape index (κ1) is 13.5. The summed E-state index contributed by atoms with van der Waals surface area (Å²) in [5.74, 6) is -0.115. The topological polar surface area (TPSA) is 12.0 Å². The van der Waals surface area contributed by atoms with Crippen LogP contribution in [0.4, 0.5) is 4.39 Å². The Bertz CT molecular complexity index is 344. The third-order valence-corrected chi connectivity index (χ3v) is 3.15. The Kier molecular flexibility index (Phi) is 4.81. The summed E-state index contributed by atoms with van der Waals surface area (Å²) in [4.78, 5) is 0.729. The van der Waals surface area contributed by atoms with Gasteiger partial charge in [0, 0.05) is 16.2 Å². The molecule has 0 unspecified atom stereocenters. The molecule has 0 saturated heterocycles. The molecule has 0 atom stereocenters. The molecular formula is C13H20FNS. The monoisotopic (exact) mass is 241 g/mol. The van der Waals surface area contributed by atoms with E-state index in [9.17, 15) is 4.39 Å². The Morgan fingerprint density at radius 1 is 1.31 bits per heavy atom. The number of hydrogen-bond donors (Lipinski definition) is 1. The van der Waals surface area contributed by atoms with Crippen LogP contribution < -0.4 is 5.32 Å². The number of halogens is 1. The second kappa shape index (κ2) is 5.69. The van der Waals surface area contributed by atoms with Gasteiger partial charge in [0.25, 0.3) is 0 Å². The van der Waals surface area contributed by atoms with Crippen LogP contribution in [0.5, 0.6) is 0 Å². The average molecular weight is 241 g/mol. The van der Waals surface area contributed by atoms with Crippen LogP contribution >= 0.6 is 11.8 Å². The van der Waals surface area contributed by atoms with Gasteiger partial charge in [-0.1, -0.05) is 33.8 Å². The molecule has 1 rings (SSSR count). The summed E-state index contributed by atoms with van der Waals surface area (Å²) in [7, 11) is 0. The zero-order chi connectivity index (χ0) is 12.2. The van der Waals surface area contributed by atoms with Crippen molar-refractivity contribution in [1.82, 2.24) is 5.32 Å². The average Bonchev–Trinajstić information content (AvgIpc) is 2.17. The largest absolute Gasteiger partial charge is 0.313 e. The summed E-state index contributed by atoms with van der Waals surface area (Å²) in [6, 6.07) is 5.48. The lowest BCUT2D eigenvalue weighted by Gasteiger charge is -2.18. The molecule has 1 aromatic carbocycles. The van der Waals surface area contributed by atoms with Crippen molar-refractivity contribution in [1.29, 1.82) is 0 Å². The molecule has 0 radical (unpaired) electrons. The van der Waals surface area contributed by atoms with Crippen LogP contribution in [-0.4, -0.2) is 11.3 Å². The van der Waals surface area contributed by atoms with Gasteiger partial charge >= 0.3 is 0 Å². The van der Waals surface area contributed by atoms with Crippen molar-refractivity contribution in [3.05, 3.63) is 29.6 Å². The fourth-order valence-electron chi connectivity index (χ4n) is 1.34. The molecule has 16 heavy (non-hydrogen) atoms. The number of benzene rings is 1. The van der Waals surface area contributed by atoms with Gasteiger partial charge in [0.15, 0.2) is 0 Å². The Morgan fingerprint density at radius 3 is 2.50 bits per heavy atom. The molecule has 0 aromatic heterocycles. The molecule has 1 N–H and O–H groups in total. The fourth-order valence-corrected chi connectivity index (χ4v) is 2.29. The van der Waals surface area contributed by atoms with Gasteiger partial charge in [-0.15, -0.1) is 11.8 Å². The maximum absolute atomic E-state index is 13.8. The number of rotatable bonds is 4. The first-order valence-corrected chi connectivity index (χ1v) is 6.42. The highest BCUT2D eigenvalue weighted by atomic mass is 32.2. The molecule has 0 amide bonds. The first-order valence-electron chi connectivity index (χ1n) is 5.60. The summed E-state index contributed by atoms with van der Waals surface area (Å²) in [6.45, 7) is 9.94. The number of hydrogen-bond acceptors (Lipinski definition) is 2. The Morgan fingerprint density at radius 2 is 2.00 bits per heavy atom. The van der Waals surface area contributed by atoms with Crippen LogP contribution in [0.1, 0.15) is 33.3 Å². The van der Waals surface area contributed by atoms with E-state index in [1.54, 1.807) is 17.8 Å². The van der Waals surface area contributed by atoms with E-state index >= 15 is 0 Å². The molecule has 0 spiro atoms. The van der Waals surface area contributed by atoms with Gasteiger partial charge in [0.05, 0.1) is 0 Å². The van der Waals surface area contributed by atoms with E-state index in [2.05, 4.69) is 26.1 Å². The van der Waals surface area contributed by atoms with Gasteiger partial charge in [-0.3, -0.25) is 0 Å². The first-order chi connectivity index (χ1) is 7.42. The predicted octanol–water partition coefficient (Wildman–Crippen LogP) is 3.83. The number of nitrogens with one attached hydrogen (secondary N) is 1. The lowest BCUT2D eigenvalue weighted by atomic mass is 10.2. The van der Waals surface area contributed by atoms with Gasteiger partial charge in [-0.2, -0.15) is 0 Å². The van der Waals surface area contributed by atoms with Crippen LogP contribution in [0.25, 0.3) is 0 Å². The summed E-state index contributed by atoms with van der Waals surface area (Å²) < 4.78 is 13.8. The Labute approximate surface area is 102 Å². The van der Waals surface area contributed by atoms with Gasteiger partial charge in [-0.25, -0.2) is 4.39 Å². The molecule has 0 saturated carbocycles. The molecule has 0 aliphatic rings. The second-order valence-corrected chi connectivity index (χ2v) is 6.63. The summed E-state index contributed by atoms with van der Waals surface area (Å²) in [5, 5.41) is 3.19. The minimum atomic E-state index is -0.115. The van der Waals surface area contributed by atoms with Crippen LogP contribution in [0.2, 0.25) is 0 Å². The van der Waals surface area contributed by atoms with E-state index in [1.165, 1.54) is 0 Å². The lowest BCUT2D eigenvalue weighted by molar-refractivity contribution is 0.595. The van der Waals surface area contributed by atoms with Gasteiger partial charge in [0.2, 0.25) is 0 Å². The zero-order valence-electron chi connectivity index (χ0n) is 10.4. The van der Waals surface area contributed by atoms with Crippen LogP contribution in [-0.2, 0) is 6.54 Å². The van der Waals surface area contributed by atoms with Crippen LogP contribution in [0.15, 0.2) is 23.1 Å². The third-order valence-electron chi connectivity index (χ3n) is 1.99. The van der Waals surface area contributed by atoms with E-state index in [0.29, 0.717) is 0 Å². The Balaban J connectivity index is 2.75. The lowest BCUT2D eigenvalue weighted by Crippen LogP contribution is -2.12. The SMILES string of the molecule is CCNCc1ccc(SC(C)(C)C)c(F)c1. The van der Waals surface area contributed by atoms with Crippen molar-refractivity contribution in [2.45, 2.75) is 43.9 Å². The highest BCUT2D eigenvalue weighted by Crippen LogP contribution is 2.33. The van der Waals surface area contributed by atoms with Crippen molar-refractivity contribution in [2.75, 3.05) is 6.54 Å². The normalized spacial score (nSPS) is 11.8. The summed E-state index contributed by atoms with van der Waals surface area (Å²) in [6.07, 6.45) is 0. The molecule has 0 bridgehead atoms. The van der Waals surface area contributed by atoms with Crippen molar-refractivity contribution >= 4 is 11.8 Å². The van der Waals surface area contributed by atoms with Crippen LogP contribution in [0.3, 0.4) is 0 Å². The third kappa shape index (κ3) is 4.54. The molecule has 3 heteroatoms. The van der Waals surface area contributed by atoms with E-state index < -0.39 is 0 Å². The molecule has 0 aliphatic carbocycles. The van der Waals surface area contributed by atoms with E-state index in [-0.39, 0.29) is 10.6 Å². The predicted molar refractivity (Wildman–Crippen MR) is 69.4 cm³/mol. The zero-order valence-corrected chi connectivity index (χ0v) is 11.2. The maximum Gasteiger partial charge on any atom is 0.137 e. The minimum absolute atomic E-state index is 0.0457. The molecule has 90 valence electrons. The molecule has 1 nitrogen and oxygen atoms in total. The molecule has 1 aromatic rings. The van der Waals surface area contributed by atoms with Crippen molar-refractivity contribution < 1.29 is 4.39 Å². The fraction of sp³-hybridized carbons (Fsp3) is 0.538. The molecule has 0 fully saturated rings. The van der Waals surface area contributed by atoms with Crippen molar-refractivity contribution in [3.8, 4) is 0 Å². The Hall–Kier alpha value is -0.540. The van der Waals surface area contributed by atoms with E-state index in [1.807, 2.05) is 19.1 Å². The van der Waals surface area contributed by atoms with Crippen molar-refractivity contribution in [2.24, 2.45) is 0 Å². The maximum atomic E-state index is 13.8. The van der Waals surface area contributed by atoms with E-state index in [0.717, 1.165) is 23.5 Å². The second-order valence-electron chi connectivity index (χ2n) is 4.76. The quantitative estimate of drug-likeness (QED) is 0.804. The van der Waals surface area contributed by atoms with Gasteiger partial charge < -0.3 is 5.32 Å². The molecule has 0 aliphatic heterocycles. The molecular weight excluding hydrogens is 221 g/mol. The van der Waals surface area contributed by atoms with E-state index in [4.69, 9.17) is 0 Å². The standard InChI is InChI=1S/C13H20FNS/c1-5-15-9-10-6-7-12(11(14)8-10)16-13(2,3)4/h6-8,15H,5,9H2,1-4H3. The summed E-state index contributed by atoms with van der Waals surface area (Å²) in [5.41, 5.74) is 0.998. The van der Waals surface area contributed by atoms with Gasteiger partial charge in [0.1, 0.15) is 5.82 Å². The smallest absolute Gasteiger partial charge is 0.137 e. The molecule has 0 heterocycles. The van der Waals surface area contributed by atoms with Gasteiger partial charge in [-0.05, 0) is 24.2 Å².